The van der Waals surface area contributed by atoms with Gasteiger partial charge >= 0.3 is 0 Å². The smallest absolute Gasteiger partial charge is 0.253 e. The molecule has 3 amide bonds. The summed E-state index contributed by atoms with van der Waals surface area (Å²) >= 11 is 6.09. The van der Waals surface area contributed by atoms with E-state index in [2.05, 4.69) is 10.2 Å². The highest BCUT2D eigenvalue weighted by atomic mass is 35.5. The normalized spacial score (nSPS) is 16.8. The summed E-state index contributed by atoms with van der Waals surface area (Å²) in [6.07, 6.45) is 0.950. The number of hydrogen-bond donors (Lipinski definition) is 1. The Balaban J connectivity index is 1.34. The van der Waals surface area contributed by atoms with Crippen LogP contribution in [0.25, 0.3) is 0 Å². The van der Waals surface area contributed by atoms with Crippen LogP contribution in [0, 0.1) is 6.92 Å². The molecule has 2 aliphatic rings. The number of likely N-dealkylation sites (tertiary alicyclic amines) is 1. The highest BCUT2D eigenvalue weighted by molar-refractivity contribution is 6.31. The quantitative estimate of drug-likeness (QED) is 0.539. The molecule has 2 saturated heterocycles. The SMILES string of the molecule is Cc1cccc(NC(=O)CN2CN(c3ccccc3)C3(CCN(C(=O)c4cccc(Cl)c4)CC3)C2=O)c1. The van der Waals surface area contributed by atoms with Gasteiger partial charge in [0.2, 0.25) is 5.91 Å². The molecule has 3 aromatic rings. The number of hydrogen-bond acceptors (Lipinski definition) is 4. The van der Waals surface area contributed by atoms with Crippen molar-refractivity contribution in [2.24, 2.45) is 0 Å². The number of piperidine rings is 1. The van der Waals surface area contributed by atoms with E-state index in [1.807, 2.05) is 61.5 Å². The highest BCUT2D eigenvalue weighted by Gasteiger charge is 2.54. The minimum Gasteiger partial charge on any atom is -0.339 e. The second kappa shape index (κ2) is 10.3. The number of carbonyl (C=O) groups is 3. The van der Waals surface area contributed by atoms with Gasteiger partial charge < -0.3 is 20.0 Å². The molecule has 0 bridgehead atoms. The lowest BCUT2D eigenvalue weighted by Crippen LogP contribution is -2.57. The van der Waals surface area contributed by atoms with Crippen LogP contribution in [0.4, 0.5) is 11.4 Å². The third kappa shape index (κ3) is 5.04. The number of para-hydroxylation sites is 1. The number of nitrogens with zero attached hydrogens (tertiary/aromatic N) is 3. The molecule has 0 aliphatic carbocycles. The Morgan fingerprint density at radius 2 is 1.68 bits per heavy atom. The summed E-state index contributed by atoms with van der Waals surface area (Å²) in [6.45, 7) is 3.10. The Morgan fingerprint density at radius 3 is 2.38 bits per heavy atom. The number of benzene rings is 3. The van der Waals surface area contributed by atoms with Gasteiger partial charge in [-0.15, -0.1) is 0 Å². The Morgan fingerprint density at radius 1 is 0.946 bits per heavy atom. The lowest BCUT2D eigenvalue weighted by molar-refractivity contribution is -0.136. The molecule has 0 radical (unpaired) electrons. The van der Waals surface area contributed by atoms with Gasteiger partial charge in [-0.1, -0.05) is 48.0 Å². The van der Waals surface area contributed by atoms with Crippen molar-refractivity contribution in [3.63, 3.8) is 0 Å². The molecule has 2 heterocycles. The van der Waals surface area contributed by atoms with Crippen molar-refractivity contribution in [1.82, 2.24) is 9.80 Å². The van der Waals surface area contributed by atoms with Gasteiger partial charge in [0.05, 0.1) is 6.67 Å². The third-order valence-electron chi connectivity index (χ3n) is 7.17. The van der Waals surface area contributed by atoms with Crippen LogP contribution in [0.5, 0.6) is 0 Å². The second-order valence-electron chi connectivity index (χ2n) is 9.66. The Labute approximate surface area is 221 Å². The van der Waals surface area contributed by atoms with E-state index in [0.717, 1.165) is 11.3 Å². The molecule has 2 fully saturated rings. The first kappa shape index (κ1) is 24.8. The van der Waals surface area contributed by atoms with Gasteiger partial charge in [-0.3, -0.25) is 14.4 Å². The maximum Gasteiger partial charge on any atom is 0.253 e. The molecule has 190 valence electrons. The Kier molecular flexibility index (Phi) is 6.89. The zero-order chi connectivity index (χ0) is 26.0. The number of carbonyl (C=O) groups excluding carboxylic acids is 3. The molecule has 0 aromatic heterocycles. The second-order valence-corrected chi connectivity index (χ2v) is 10.1. The molecule has 7 nitrogen and oxygen atoms in total. The first-order chi connectivity index (χ1) is 17.9. The van der Waals surface area contributed by atoms with E-state index in [0.29, 0.717) is 48.9 Å². The molecule has 1 N–H and O–H groups in total. The van der Waals surface area contributed by atoms with Crippen LogP contribution in [0.2, 0.25) is 5.02 Å². The van der Waals surface area contributed by atoms with E-state index in [1.54, 1.807) is 34.1 Å². The van der Waals surface area contributed by atoms with Crippen LogP contribution in [-0.2, 0) is 9.59 Å². The van der Waals surface area contributed by atoms with Crippen molar-refractivity contribution in [2.75, 3.05) is 36.5 Å². The summed E-state index contributed by atoms with van der Waals surface area (Å²) in [5.74, 6) is -0.411. The predicted molar refractivity (Wildman–Crippen MR) is 145 cm³/mol. The van der Waals surface area contributed by atoms with Crippen molar-refractivity contribution < 1.29 is 14.4 Å². The molecule has 0 unspecified atom stereocenters. The third-order valence-corrected chi connectivity index (χ3v) is 7.40. The van der Waals surface area contributed by atoms with Crippen LogP contribution in [-0.4, -0.2) is 59.4 Å². The number of rotatable bonds is 5. The van der Waals surface area contributed by atoms with Crippen LogP contribution in [0.1, 0.15) is 28.8 Å². The summed E-state index contributed by atoms with van der Waals surface area (Å²) < 4.78 is 0. The topological polar surface area (TPSA) is 73.0 Å². The fourth-order valence-electron chi connectivity index (χ4n) is 5.30. The van der Waals surface area contributed by atoms with Gasteiger partial charge in [0, 0.05) is 35.1 Å². The number of anilines is 2. The molecular weight excluding hydrogens is 488 g/mol. The van der Waals surface area contributed by atoms with Crippen molar-refractivity contribution >= 4 is 40.7 Å². The summed E-state index contributed by atoms with van der Waals surface area (Å²) in [6, 6.07) is 24.3. The maximum absolute atomic E-state index is 13.9. The van der Waals surface area contributed by atoms with Crippen molar-refractivity contribution in [3.05, 3.63) is 95.0 Å². The van der Waals surface area contributed by atoms with E-state index in [4.69, 9.17) is 11.6 Å². The average Bonchev–Trinajstić information content (AvgIpc) is 3.15. The van der Waals surface area contributed by atoms with Crippen molar-refractivity contribution in [1.29, 1.82) is 0 Å². The van der Waals surface area contributed by atoms with Gasteiger partial charge in [-0.2, -0.15) is 0 Å². The fourth-order valence-corrected chi connectivity index (χ4v) is 5.49. The zero-order valence-corrected chi connectivity index (χ0v) is 21.4. The summed E-state index contributed by atoms with van der Waals surface area (Å²) in [5.41, 5.74) is 2.40. The van der Waals surface area contributed by atoms with E-state index < -0.39 is 5.54 Å². The molecule has 3 aromatic carbocycles. The number of halogens is 1. The lowest BCUT2D eigenvalue weighted by Gasteiger charge is -2.43. The first-order valence-electron chi connectivity index (χ1n) is 12.4. The minimum atomic E-state index is -0.809. The van der Waals surface area contributed by atoms with Gasteiger partial charge in [0.15, 0.2) is 0 Å². The largest absolute Gasteiger partial charge is 0.339 e. The van der Waals surface area contributed by atoms with E-state index >= 15 is 0 Å². The van der Waals surface area contributed by atoms with Crippen molar-refractivity contribution in [3.8, 4) is 0 Å². The zero-order valence-electron chi connectivity index (χ0n) is 20.7. The van der Waals surface area contributed by atoms with Gasteiger partial charge in [-0.25, -0.2) is 0 Å². The fraction of sp³-hybridized carbons (Fsp3) is 0.276. The monoisotopic (exact) mass is 516 g/mol. The average molecular weight is 517 g/mol. The summed E-state index contributed by atoms with van der Waals surface area (Å²) in [7, 11) is 0. The number of aryl methyl sites for hydroxylation is 1. The summed E-state index contributed by atoms with van der Waals surface area (Å²) in [4.78, 5) is 45.4. The lowest BCUT2D eigenvalue weighted by atomic mass is 9.85. The predicted octanol–water partition coefficient (Wildman–Crippen LogP) is 4.57. The van der Waals surface area contributed by atoms with Crippen LogP contribution in [0.15, 0.2) is 78.9 Å². The summed E-state index contributed by atoms with van der Waals surface area (Å²) in [5, 5.41) is 3.42. The van der Waals surface area contributed by atoms with Crippen LogP contribution < -0.4 is 10.2 Å². The number of nitrogens with one attached hydrogen (secondary N) is 1. The standard InChI is InChI=1S/C29H29ClN4O3/c1-21-7-5-10-24(17-21)31-26(35)19-33-20-34(25-11-3-2-4-12-25)29(28(33)37)13-15-32(16-14-29)27(36)22-8-6-9-23(30)18-22/h2-12,17-18H,13-16,19-20H2,1H3,(H,31,35). The molecule has 5 rings (SSSR count). The van der Waals surface area contributed by atoms with E-state index in [-0.39, 0.29) is 24.3 Å². The molecule has 8 heteroatoms. The van der Waals surface area contributed by atoms with E-state index in [9.17, 15) is 14.4 Å². The number of amides is 3. The minimum absolute atomic E-state index is 0.0387. The molecular formula is C29H29ClN4O3. The highest BCUT2D eigenvalue weighted by Crippen LogP contribution is 2.39. The first-order valence-corrected chi connectivity index (χ1v) is 12.8. The van der Waals surface area contributed by atoms with Crippen molar-refractivity contribution in [2.45, 2.75) is 25.3 Å². The molecule has 0 atom stereocenters. The van der Waals surface area contributed by atoms with Crippen LogP contribution >= 0.6 is 11.6 Å². The molecule has 0 saturated carbocycles. The Bertz CT molecular complexity index is 1320. The maximum atomic E-state index is 13.9. The van der Waals surface area contributed by atoms with Gasteiger partial charge in [0.25, 0.3) is 11.8 Å². The van der Waals surface area contributed by atoms with Gasteiger partial charge in [-0.05, 0) is 67.8 Å². The molecule has 1 spiro atoms. The Hall–Kier alpha value is -3.84. The van der Waals surface area contributed by atoms with E-state index in [1.165, 1.54) is 0 Å². The van der Waals surface area contributed by atoms with Gasteiger partial charge in [0.1, 0.15) is 12.1 Å². The molecule has 37 heavy (non-hydrogen) atoms. The van der Waals surface area contributed by atoms with Crippen LogP contribution in [0.3, 0.4) is 0 Å². The molecule has 2 aliphatic heterocycles.